The van der Waals surface area contributed by atoms with Gasteiger partial charge >= 0.3 is 11.7 Å². The van der Waals surface area contributed by atoms with Crippen LogP contribution in [0.15, 0.2) is 32.3 Å². The van der Waals surface area contributed by atoms with E-state index in [0.29, 0.717) is 5.52 Å². The third-order valence-corrected chi connectivity index (χ3v) is 4.05. The number of sulfone groups is 1. The van der Waals surface area contributed by atoms with E-state index in [9.17, 15) is 18.0 Å². The molecule has 0 saturated heterocycles. The number of rotatable bonds is 4. The smallest absolute Gasteiger partial charge is 0.417 e. The molecular weight excluding hydrogens is 262 g/mol. The average molecular weight is 271 g/mol. The maximum Gasteiger partial charge on any atom is 0.417 e. The van der Waals surface area contributed by atoms with Crippen LogP contribution in [0.25, 0.3) is 11.1 Å². The van der Waals surface area contributed by atoms with Gasteiger partial charge in [-0.2, -0.15) is 0 Å². The van der Waals surface area contributed by atoms with E-state index in [1.165, 1.54) is 18.2 Å². The van der Waals surface area contributed by atoms with Crippen LogP contribution in [-0.4, -0.2) is 30.2 Å². The van der Waals surface area contributed by atoms with Crippen molar-refractivity contribution in [2.75, 3.05) is 5.75 Å². The average Bonchev–Trinajstić information content (AvgIpc) is 2.65. The first-order valence-corrected chi connectivity index (χ1v) is 6.61. The van der Waals surface area contributed by atoms with Crippen molar-refractivity contribution in [3.8, 4) is 0 Å². The van der Waals surface area contributed by atoms with E-state index >= 15 is 0 Å². The van der Waals surface area contributed by atoms with Gasteiger partial charge in [-0.25, -0.2) is 13.2 Å². The summed E-state index contributed by atoms with van der Waals surface area (Å²) in [5.41, 5.74) is 0.508. The van der Waals surface area contributed by atoms with Gasteiger partial charge in [0.2, 0.25) is 0 Å². The lowest BCUT2D eigenvalue weighted by molar-refractivity contribution is -0.136. The Morgan fingerprint density at radius 1 is 1.39 bits per heavy atom. The molecule has 0 aliphatic rings. The predicted octanol–water partition coefficient (Wildman–Crippen LogP) is 0.369. The molecule has 0 saturated carbocycles. The second kappa shape index (κ2) is 4.30. The predicted molar refractivity (Wildman–Crippen MR) is 61.1 cm³/mol. The summed E-state index contributed by atoms with van der Waals surface area (Å²) < 4.78 is 28.3. The van der Waals surface area contributed by atoms with Crippen LogP contribution < -0.4 is 5.76 Å². The monoisotopic (exact) mass is 271 g/mol. The van der Waals surface area contributed by atoms with E-state index in [1.54, 1.807) is 0 Å². The molecule has 18 heavy (non-hydrogen) atoms. The van der Waals surface area contributed by atoms with Gasteiger partial charge in [0.25, 0.3) is 0 Å². The normalized spacial score (nSPS) is 11.8. The highest BCUT2D eigenvalue weighted by molar-refractivity contribution is 7.91. The first-order chi connectivity index (χ1) is 8.38. The summed E-state index contributed by atoms with van der Waals surface area (Å²) in [6.45, 7) is 0. The Labute approximate surface area is 101 Å². The summed E-state index contributed by atoms with van der Waals surface area (Å²) in [6.07, 6.45) is -0.475. The van der Waals surface area contributed by atoms with Crippen LogP contribution in [-0.2, 0) is 14.6 Å². The Morgan fingerprint density at radius 3 is 2.78 bits per heavy atom. The lowest BCUT2D eigenvalue weighted by Gasteiger charge is -2.01. The van der Waals surface area contributed by atoms with E-state index in [0.717, 1.165) is 0 Å². The molecule has 2 aromatic rings. The molecule has 0 amide bonds. The number of carboxylic acid groups (broad SMARTS) is 1. The van der Waals surface area contributed by atoms with E-state index < -0.39 is 33.7 Å². The lowest BCUT2D eigenvalue weighted by Crippen LogP contribution is -2.10. The zero-order valence-corrected chi connectivity index (χ0v) is 9.86. The first kappa shape index (κ1) is 12.4. The lowest BCUT2D eigenvalue weighted by atomic mass is 10.3. The van der Waals surface area contributed by atoms with E-state index in [4.69, 9.17) is 9.52 Å². The number of hydrogen-bond donors (Lipinski definition) is 2. The molecule has 0 spiro atoms. The first-order valence-electron chi connectivity index (χ1n) is 4.96. The van der Waals surface area contributed by atoms with Crippen LogP contribution in [0.4, 0.5) is 0 Å². The molecule has 0 aliphatic carbocycles. The van der Waals surface area contributed by atoms with Crippen molar-refractivity contribution < 1.29 is 22.7 Å². The second-order valence-electron chi connectivity index (χ2n) is 3.64. The zero-order chi connectivity index (χ0) is 13.3. The molecule has 0 fully saturated rings. The molecule has 0 bridgehead atoms. The number of nitrogens with one attached hydrogen (secondary N) is 1. The molecular formula is C10H9NO6S. The number of H-pyrrole nitrogens is 1. The fourth-order valence-electron chi connectivity index (χ4n) is 1.46. The molecule has 1 aromatic heterocycles. The van der Waals surface area contributed by atoms with Crippen molar-refractivity contribution in [3.63, 3.8) is 0 Å². The molecule has 1 aromatic carbocycles. The van der Waals surface area contributed by atoms with Crippen molar-refractivity contribution in [1.29, 1.82) is 0 Å². The van der Waals surface area contributed by atoms with Gasteiger partial charge in [-0.3, -0.25) is 9.78 Å². The molecule has 0 unspecified atom stereocenters. The number of fused-ring (bicyclic) bond motifs is 1. The number of benzene rings is 1. The minimum atomic E-state index is -3.69. The van der Waals surface area contributed by atoms with Crippen LogP contribution in [0, 0.1) is 0 Å². The number of hydrogen-bond acceptors (Lipinski definition) is 5. The Hall–Kier alpha value is -2.09. The summed E-state index contributed by atoms with van der Waals surface area (Å²) in [7, 11) is -3.69. The van der Waals surface area contributed by atoms with Gasteiger partial charge < -0.3 is 9.52 Å². The Morgan fingerprint density at radius 2 is 2.11 bits per heavy atom. The summed E-state index contributed by atoms with van der Waals surface area (Å²) >= 11 is 0. The van der Waals surface area contributed by atoms with Gasteiger partial charge in [-0.1, -0.05) is 0 Å². The molecule has 0 radical (unpaired) electrons. The number of oxazole rings is 1. The van der Waals surface area contributed by atoms with Crippen LogP contribution in [0.2, 0.25) is 0 Å². The van der Waals surface area contributed by atoms with E-state index in [1.807, 2.05) is 0 Å². The third kappa shape index (κ3) is 2.43. The molecule has 0 aliphatic heterocycles. The van der Waals surface area contributed by atoms with Crippen molar-refractivity contribution >= 4 is 26.9 Å². The molecule has 96 valence electrons. The van der Waals surface area contributed by atoms with E-state index in [2.05, 4.69) is 4.98 Å². The molecule has 8 heteroatoms. The third-order valence-electron chi connectivity index (χ3n) is 2.34. The van der Waals surface area contributed by atoms with Crippen molar-refractivity contribution in [3.05, 3.63) is 28.7 Å². The van der Waals surface area contributed by atoms with Gasteiger partial charge in [0.15, 0.2) is 15.4 Å². The Balaban J connectivity index is 2.41. The topological polar surface area (TPSA) is 117 Å². The van der Waals surface area contributed by atoms with Crippen LogP contribution >= 0.6 is 0 Å². The van der Waals surface area contributed by atoms with Gasteiger partial charge in [0, 0.05) is 6.07 Å². The summed E-state index contributed by atoms with van der Waals surface area (Å²) in [4.78, 5) is 23.6. The molecule has 2 rings (SSSR count). The highest BCUT2D eigenvalue weighted by Gasteiger charge is 2.17. The number of aliphatic carboxylic acids is 1. The highest BCUT2D eigenvalue weighted by atomic mass is 32.2. The van der Waals surface area contributed by atoms with Gasteiger partial charge in [0.05, 0.1) is 22.6 Å². The van der Waals surface area contributed by atoms with E-state index in [-0.39, 0.29) is 10.5 Å². The van der Waals surface area contributed by atoms with Crippen molar-refractivity contribution in [2.24, 2.45) is 0 Å². The fraction of sp³-hybridized carbons (Fsp3) is 0.200. The Kier molecular flexibility index (Phi) is 2.95. The number of carboxylic acids is 1. The zero-order valence-electron chi connectivity index (χ0n) is 9.04. The minimum Gasteiger partial charge on any atom is -0.481 e. The summed E-state index contributed by atoms with van der Waals surface area (Å²) in [5.74, 6) is -2.36. The standard InChI is InChI=1S/C10H9NO6S/c12-9(13)3-4-18(15,16)6-1-2-7-8(5-6)17-10(14)11-7/h1-2,5H,3-4H2,(H,11,14)(H,12,13). The summed E-state index contributed by atoms with van der Waals surface area (Å²) in [6, 6.07) is 3.89. The van der Waals surface area contributed by atoms with Gasteiger partial charge in [0.1, 0.15) is 0 Å². The highest BCUT2D eigenvalue weighted by Crippen LogP contribution is 2.18. The maximum absolute atomic E-state index is 11.8. The molecule has 2 N–H and O–H groups in total. The van der Waals surface area contributed by atoms with Crippen LogP contribution in [0.5, 0.6) is 0 Å². The van der Waals surface area contributed by atoms with Crippen LogP contribution in [0.3, 0.4) is 0 Å². The SMILES string of the molecule is O=C(O)CCS(=O)(=O)c1ccc2[nH]c(=O)oc2c1. The van der Waals surface area contributed by atoms with Gasteiger partial charge in [-0.05, 0) is 12.1 Å². The number of aromatic nitrogens is 1. The van der Waals surface area contributed by atoms with Crippen molar-refractivity contribution in [2.45, 2.75) is 11.3 Å². The largest absolute Gasteiger partial charge is 0.481 e. The molecule has 0 atom stereocenters. The minimum absolute atomic E-state index is 0.0704. The summed E-state index contributed by atoms with van der Waals surface area (Å²) in [5, 5.41) is 8.47. The number of aromatic amines is 1. The maximum atomic E-state index is 11.8. The second-order valence-corrected chi connectivity index (χ2v) is 5.74. The van der Waals surface area contributed by atoms with Crippen LogP contribution in [0.1, 0.15) is 6.42 Å². The quantitative estimate of drug-likeness (QED) is 0.829. The van der Waals surface area contributed by atoms with Gasteiger partial charge in [-0.15, -0.1) is 0 Å². The van der Waals surface area contributed by atoms with Crippen molar-refractivity contribution in [1.82, 2.24) is 4.98 Å². The molecule has 7 nitrogen and oxygen atoms in total. The molecule has 1 heterocycles. The Bertz CT molecular complexity index is 754. The number of carbonyl (C=O) groups is 1. The fourth-order valence-corrected chi connectivity index (χ4v) is 2.70.